The number of aromatic nitrogens is 2. The molecule has 1 aliphatic carbocycles. The highest BCUT2D eigenvalue weighted by atomic mass is 16.5. The van der Waals surface area contributed by atoms with Gasteiger partial charge in [0.25, 0.3) is 0 Å². The van der Waals surface area contributed by atoms with Crippen LogP contribution in [-0.2, 0) is 11.2 Å². The van der Waals surface area contributed by atoms with E-state index in [0.717, 1.165) is 24.0 Å². The SMILES string of the molecule is COC(=O)c1ccc(C)c(NC(=O)N[C@H]2c3ccccc3CC[C@H]2n2ccnc2)c1. The van der Waals surface area contributed by atoms with Gasteiger partial charge in [0.1, 0.15) is 0 Å². The molecule has 1 aromatic heterocycles. The number of esters is 1. The number of amides is 2. The van der Waals surface area contributed by atoms with Crippen LogP contribution in [0.15, 0.2) is 61.2 Å². The second-order valence-electron chi connectivity index (χ2n) is 7.41. The van der Waals surface area contributed by atoms with Crippen LogP contribution in [0.5, 0.6) is 0 Å². The van der Waals surface area contributed by atoms with E-state index in [9.17, 15) is 9.59 Å². The minimum Gasteiger partial charge on any atom is -0.465 e. The number of imidazole rings is 1. The van der Waals surface area contributed by atoms with Crippen LogP contribution in [-0.4, -0.2) is 28.7 Å². The molecule has 0 fully saturated rings. The maximum atomic E-state index is 12.9. The number of hydrogen-bond acceptors (Lipinski definition) is 4. The Kier molecular flexibility index (Phi) is 5.52. The zero-order valence-corrected chi connectivity index (χ0v) is 17.0. The van der Waals surface area contributed by atoms with Crippen molar-refractivity contribution in [2.75, 3.05) is 12.4 Å². The summed E-state index contributed by atoms with van der Waals surface area (Å²) < 4.78 is 6.82. The minimum absolute atomic E-state index is 0.0654. The highest BCUT2D eigenvalue weighted by Gasteiger charge is 2.31. The molecule has 1 heterocycles. The second kappa shape index (κ2) is 8.41. The summed E-state index contributed by atoms with van der Waals surface area (Å²) in [6.45, 7) is 1.88. The van der Waals surface area contributed by atoms with Crippen LogP contribution in [0.1, 0.15) is 45.6 Å². The molecule has 4 rings (SSSR count). The zero-order valence-electron chi connectivity index (χ0n) is 17.0. The molecule has 7 nitrogen and oxygen atoms in total. The van der Waals surface area contributed by atoms with Crippen molar-refractivity contribution in [1.82, 2.24) is 14.9 Å². The number of aryl methyl sites for hydroxylation is 2. The molecule has 3 aromatic rings. The van der Waals surface area contributed by atoms with E-state index in [4.69, 9.17) is 4.74 Å². The number of anilines is 1. The summed E-state index contributed by atoms with van der Waals surface area (Å²) in [6, 6.07) is 12.8. The summed E-state index contributed by atoms with van der Waals surface area (Å²) in [6.07, 6.45) is 7.30. The van der Waals surface area contributed by atoms with E-state index in [0.29, 0.717) is 11.3 Å². The fourth-order valence-electron chi connectivity index (χ4n) is 4.00. The van der Waals surface area contributed by atoms with Gasteiger partial charge in [0.15, 0.2) is 0 Å². The Balaban J connectivity index is 1.58. The number of nitrogens with zero attached hydrogens (tertiary/aromatic N) is 2. The molecule has 0 radical (unpaired) electrons. The number of carbonyl (C=O) groups is 2. The average molecular weight is 404 g/mol. The van der Waals surface area contributed by atoms with Crippen LogP contribution < -0.4 is 10.6 Å². The fraction of sp³-hybridized carbons (Fsp3) is 0.261. The number of nitrogens with one attached hydrogen (secondary N) is 2. The van der Waals surface area contributed by atoms with Gasteiger partial charge in [-0.3, -0.25) is 0 Å². The lowest BCUT2D eigenvalue weighted by Crippen LogP contribution is -2.39. The second-order valence-corrected chi connectivity index (χ2v) is 7.41. The van der Waals surface area contributed by atoms with Crippen molar-refractivity contribution >= 4 is 17.7 Å². The molecule has 0 saturated heterocycles. The number of methoxy groups -OCH3 is 1. The molecular weight excluding hydrogens is 380 g/mol. The number of fused-ring (bicyclic) bond motifs is 1. The van der Waals surface area contributed by atoms with Crippen LogP contribution in [0.3, 0.4) is 0 Å². The Morgan fingerprint density at radius 2 is 2.03 bits per heavy atom. The quantitative estimate of drug-likeness (QED) is 0.643. The Morgan fingerprint density at radius 3 is 2.80 bits per heavy atom. The van der Waals surface area contributed by atoms with Crippen LogP contribution in [0.2, 0.25) is 0 Å². The number of benzene rings is 2. The van der Waals surface area contributed by atoms with Crippen LogP contribution in [0.25, 0.3) is 0 Å². The molecule has 0 unspecified atom stereocenters. The number of carbonyl (C=O) groups excluding carboxylic acids is 2. The largest absolute Gasteiger partial charge is 0.465 e. The number of ether oxygens (including phenoxy) is 1. The Labute approximate surface area is 175 Å². The van der Waals surface area contributed by atoms with E-state index in [1.165, 1.54) is 12.7 Å². The van der Waals surface area contributed by atoms with Crippen molar-refractivity contribution in [3.63, 3.8) is 0 Å². The normalized spacial score (nSPS) is 17.7. The predicted molar refractivity (Wildman–Crippen MR) is 113 cm³/mol. The molecule has 2 amide bonds. The summed E-state index contributed by atoms with van der Waals surface area (Å²) in [5.41, 5.74) is 4.16. The standard InChI is InChI=1S/C23H24N4O3/c1-15-7-8-17(22(28)30-2)13-19(15)25-23(29)26-21-18-6-4-3-5-16(18)9-10-20(21)27-12-11-24-14-27/h3-8,11-14,20-21H,9-10H2,1-2H3,(H2,25,26,29)/t20-,21+/m1/s1. The molecule has 7 heteroatoms. The van der Waals surface area contributed by atoms with E-state index in [-0.39, 0.29) is 18.1 Å². The molecule has 0 spiro atoms. The van der Waals surface area contributed by atoms with Gasteiger partial charge < -0.3 is 19.9 Å². The summed E-state index contributed by atoms with van der Waals surface area (Å²) in [5, 5.41) is 6.03. The van der Waals surface area contributed by atoms with Crippen LogP contribution >= 0.6 is 0 Å². The smallest absolute Gasteiger partial charge is 0.337 e. The highest BCUT2D eigenvalue weighted by molar-refractivity contribution is 5.94. The fourth-order valence-corrected chi connectivity index (χ4v) is 4.00. The lowest BCUT2D eigenvalue weighted by Gasteiger charge is -2.35. The number of urea groups is 1. The molecule has 2 N–H and O–H groups in total. The number of rotatable bonds is 4. The first-order valence-corrected chi connectivity index (χ1v) is 9.88. The van der Waals surface area contributed by atoms with Crippen LogP contribution in [0, 0.1) is 6.92 Å². The van der Waals surface area contributed by atoms with Gasteiger partial charge in [0.05, 0.1) is 31.1 Å². The average Bonchev–Trinajstić information content (AvgIpc) is 3.29. The maximum absolute atomic E-state index is 12.9. The van der Waals surface area contributed by atoms with Crippen molar-refractivity contribution in [2.45, 2.75) is 31.8 Å². The first-order chi connectivity index (χ1) is 14.6. The Bertz CT molecular complexity index is 1060. The first kappa shape index (κ1) is 19.7. The number of hydrogen-bond donors (Lipinski definition) is 2. The molecule has 2 atom stereocenters. The van der Waals surface area contributed by atoms with E-state index >= 15 is 0 Å². The van der Waals surface area contributed by atoms with Gasteiger partial charge in [-0.1, -0.05) is 30.3 Å². The van der Waals surface area contributed by atoms with E-state index in [1.54, 1.807) is 30.7 Å². The van der Waals surface area contributed by atoms with Gasteiger partial charge in [-0.2, -0.15) is 0 Å². The Morgan fingerprint density at radius 1 is 1.20 bits per heavy atom. The molecule has 154 valence electrons. The summed E-state index contributed by atoms with van der Waals surface area (Å²) in [7, 11) is 1.33. The lowest BCUT2D eigenvalue weighted by atomic mass is 9.84. The van der Waals surface area contributed by atoms with Crippen molar-refractivity contribution in [1.29, 1.82) is 0 Å². The van der Waals surface area contributed by atoms with Gasteiger partial charge in [-0.25, -0.2) is 14.6 Å². The van der Waals surface area contributed by atoms with Crippen LogP contribution in [0.4, 0.5) is 10.5 Å². The molecule has 0 aliphatic heterocycles. The van der Waals surface area contributed by atoms with E-state index < -0.39 is 5.97 Å². The molecule has 30 heavy (non-hydrogen) atoms. The highest BCUT2D eigenvalue weighted by Crippen LogP contribution is 2.37. The van der Waals surface area contributed by atoms with Gasteiger partial charge in [-0.15, -0.1) is 0 Å². The van der Waals surface area contributed by atoms with E-state index in [1.807, 2.05) is 29.8 Å². The van der Waals surface area contributed by atoms with Crippen molar-refractivity contribution in [3.8, 4) is 0 Å². The van der Waals surface area contributed by atoms with Crippen molar-refractivity contribution in [3.05, 3.63) is 83.4 Å². The van der Waals surface area contributed by atoms with Gasteiger partial charge >= 0.3 is 12.0 Å². The van der Waals surface area contributed by atoms with Crippen molar-refractivity contribution < 1.29 is 14.3 Å². The Hall–Kier alpha value is -3.61. The summed E-state index contributed by atoms with van der Waals surface area (Å²) >= 11 is 0. The van der Waals surface area contributed by atoms with Gasteiger partial charge in [0.2, 0.25) is 0 Å². The molecule has 0 saturated carbocycles. The summed E-state index contributed by atoms with van der Waals surface area (Å²) in [4.78, 5) is 28.9. The maximum Gasteiger partial charge on any atom is 0.337 e. The zero-order chi connectivity index (χ0) is 21.1. The summed E-state index contributed by atoms with van der Waals surface area (Å²) in [5.74, 6) is -0.445. The molecule has 1 aliphatic rings. The van der Waals surface area contributed by atoms with Gasteiger partial charge in [0, 0.05) is 18.1 Å². The predicted octanol–water partition coefficient (Wildman–Crippen LogP) is 4.03. The molecule has 2 aromatic carbocycles. The monoisotopic (exact) mass is 404 g/mol. The third kappa shape index (κ3) is 3.91. The topological polar surface area (TPSA) is 85.2 Å². The third-order valence-corrected chi connectivity index (χ3v) is 5.59. The third-order valence-electron chi connectivity index (χ3n) is 5.59. The lowest BCUT2D eigenvalue weighted by molar-refractivity contribution is 0.0600. The van der Waals surface area contributed by atoms with Crippen molar-refractivity contribution in [2.24, 2.45) is 0 Å². The first-order valence-electron chi connectivity index (χ1n) is 9.88. The minimum atomic E-state index is -0.445. The molecule has 0 bridgehead atoms. The molecular formula is C23H24N4O3. The van der Waals surface area contributed by atoms with E-state index in [2.05, 4.69) is 27.8 Å². The van der Waals surface area contributed by atoms with Gasteiger partial charge in [-0.05, 0) is 48.6 Å².